The van der Waals surface area contributed by atoms with Crippen molar-refractivity contribution in [3.05, 3.63) is 62.4 Å². The molecule has 0 saturated carbocycles. The summed E-state index contributed by atoms with van der Waals surface area (Å²) in [6, 6.07) is 9.72. The van der Waals surface area contributed by atoms with E-state index >= 15 is 0 Å². The molecule has 2 rings (SSSR count). The molecule has 2 aromatic rings. The van der Waals surface area contributed by atoms with E-state index in [1.807, 2.05) is 36.4 Å². The van der Waals surface area contributed by atoms with Gasteiger partial charge in [-0.1, -0.05) is 42.5 Å². The Bertz CT molecular complexity index is 625. The number of hydrogen-bond donors (Lipinski definition) is 2. The van der Waals surface area contributed by atoms with Crippen molar-refractivity contribution in [1.29, 1.82) is 0 Å². The molecule has 3 N–H and O–H groups in total. The zero-order valence-electron chi connectivity index (χ0n) is 9.55. The van der Waals surface area contributed by atoms with Crippen LogP contribution in [0.2, 0.25) is 0 Å². The highest BCUT2D eigenvalue weighted by Gasteiger charge is 2.17. The Hall–Kier alpha value is -2.40. The highest BCUT2D eigenvalue weighted by atomic mass is 16.6. The monoisotopic (exact) mass is 244 g/mol. The van der Waals surface area contributed by atoms with E-state index in [0.29, 0.717) is 0 Å². The normalized spacial score (nSPS) is 11.1. The molecule has 0 aliphatic rings. The lowest BCUT2D eigenvalue weighted by Crippen LogP contribution is -2.37. The molecule has 0 spiro atoms. The first-order valence-corrected chi connectivity index (χ1v) is 5.38. The summed E-state index contributed by atoms with van der Waals surface area (Å²) < 4.78 is 0. The van der Waals surface area contributed by atoms with Crippen LogP contribution in [0.1, 0.15) is 5.56 Å². The van der Waals surface area contributed by atoms with E-state index in [-0.39, 0.29) is 18.0 Å². The highest BCUT2D eigenvalue weighted by molar-refractivity contribution is 5.70. The molecule has 2 aromatic carbocycles. The first kappa shape index (κ1) is 12.1. The van der Waals surface area contributed by atoms with E-state index in [0.717, 1.165) is 5.56 Å². The molecule has 0 radical (unpaired) electrons. The molecular weight excluding hydrogens is 232 g/mol. The van der Waals surface area contributed by atoms with Crippen LogP contribution < -0.4 is 22.1 Å². The quantitative estimate of drug-likeness (QED) is 0.464. The summed E-state index contributed by atoms with van der Waals surface area (Å²) in [5, 5.41) is 0. The summed E-state index contributed by atoms with van der Waals surface area (Å²) in [7, 11) is 0. The van der Waals surface area contributed by atoms with Gasteiger partial charge in [0.1, 0.15) is 11.4 Å². The summed E-state index contributed by atoms with van der Waals surface area (Å²) in [5.41, 5.74) is 7.38. The average Bonchev–Trinajstić information content (AvgIpc) is 2.42. The fourth-order valence-corrected chi connectivity index (χ4v) is 1.42. The lowest BCUT2D eigenvalue weighted by molar-refractivity contribution is 0.228. The molecule has 0 saturated heterocycles. The molecule has 0 amide bonds. The molecule has 0 fully saturated rings. The second-order valence-electron chi connectivity index (χ2n) is 3.67. The molecule has 5 nitrogen and oxygen atoms in total. The highest BCUT2D eigenvalue weighted by Crippen LogP contribution is 2.08. The smallest absolute Gasteiger partial charge is 0.255 e. The van der Waals surface area contributed by atoms with Crippen LogP contribution in [-0.2, 0) is 4.84 Å². The van der Waals surface area contributed by atoms with E-state index < -0.39 is 10.9 Å². The lowest BCUT2D eigenvalue weighted by atomic mass is 10.2. The number of anilines is 2. The zero-order chi connectivity index (χ0) is 13.0. The average molecular weight is 244 g/mol. The third-order valence-corrected chi connectivity index (χ3v) is 2.41. The van der Waals surface area contributed by atoms with E-state index in [1.54, 1.807) is 6.08 Å². The van der Waals surface area contributed by atoms with Crippen molar-refractivity contribution >= 4 is 17.5 Å². The second kappa shape index (κ2) is 5.29. The van der Waals surface area contributed by atoms with Gasteiger partial charge >= 0.3 is 0 Å². The van der Waals surface area contributed by atoms with E-state index in [9.17, 15) is 9.59 Å². The predicted octanol–water partition coefficient (Wildman–Crippen LogP) is 0.922. The van der Waals surface area contributed by atoms with Crippen LogP contribution in [0.25, 0.3) is 6.08 Å². The van der Waals surface area contributed by atoms with Gasteiger partial charge in [-0.2, -0.15) is 0 Å². The van der Waals surface area contributed by atoms with Crippen LogP contribution in [0, 0.1) is 0 Å². The minimum atomic E-state index is -0.666. The number of nitrogens with two attached hydrogens (primary N) is 1. The molecule has 18 heavy (non-hydrogen) atoms. The molecule has 0 bridgehead atoms. The van der Waals surface area contributed by atoms with Crippen molar-refractivity contribution in [2.45, 2.75) is 0 Å². The van der Waals surface area contributed by atoms with E-state index in [4.69, 9.17) is 10.6 Å². The Morgan fingerprint density at radius 2 is 1.89 bits per heavy atom. The number of benzene rings is 1. The van der Waals surface area contributed by atoms with E-state index in [1.165, 1.54) is 0 Å². The SMILES string of the molecule is Nc1c(NOC/C=C/c2ccccc2)c(=O)c1=O. The Balaban J connectivity index is 1.79. The van der Waals surface area contributed by atoms with Gasteiger partial charge in [0, 0.05) is 0 Å². The molecular formula is C13H12N2O3. The molecule has 0 aliphatic carbocycles. The van der Waals surface area contributed by atoms with Gasteiger partial charge in [0.2, 0.25) is 0 Å². The Kier molecular flexibility index (Phi) is 3.54. The van der Waals surface area contributed by atoms with Gasteiger partial charge in [-0.25, -0.2) is 0 Å². The number of nitrogens with one attached hydrogen (secondary N) is 1. The number of hydrogen-bond acceptors (Lipinski definition) is 5. The van der Waals surface area contributed by atoms with Gasteiger partial charge < -0.3 is 5.73 Å². The molecule has 0 aromatic heterocycles. The van der Waals surface area contributed by atoms with Crippen LogP contribution in [0.4, 0.5) is 11.4 Å². The first-order valence-electron chi connectivity index (χ1n) is 5.38. The Morgan fingerprint density at radius 1 is 1.17 bits per heavy atom. The van der Waals surface area contributed by atoms with Gasteiger partial charge in [-0.3, -0.25) is 19.9 Å². The van der Waals surface area contributed by atoms with Crippen molar-refractivity contribution in [2.75, 3.05) is 17.8 Å². The van der Waals surface area contributed by atoms with Crippen molar-refractivity contribution < 1.29 is 4.84 Å². The number of rotatable bonds is 5. The third-order valence-electron chi connectivity index (χ3n) is 2.41. The molecule has 0 heterocycles. The predicted molar refractivity (Wildman–Crippen MR) is 70.8 cm³/mol. The molecule has 0 aliphatic heterocycles. The second-order valence-corrected chi connectivity index (χ2v) is 3.67. The van der Waals surface area contributed by atoms with E-state index in [2.05, 4.69) is 5.48 Å². The van der Waals surface area contributed by atoms with Crippen LogP contribution in [0.5, 0.6) is 0 Å². The summed E-state index contributed by atoms with van der Waals surface area (Å²) in [5.74, 6) is 0. The van der Waals surface area contributed by atoms with Crippen LogP contribution in [-0.4, -0.2) is 6.61 Å². The van der Waals surface area contributed by atoms with Gasteiger partial charge in [0.25, 0.3) is 10.9 Å². The summed E-state index contributed by atoms with van der Waals surface area (Å²) in [6.45, 7) is 0.257. The van der Waals surface area contributed by atoms with Crippen molar-refractivity contribution in [1.82, 2.24) is 0 Å². The van der Waals surface area contributed by atoms with Gasteiger partial charge in [0.15, 0.2) is 0 Å². The van der Waals surface area contributed by atoms with Gasteiger partial charge in [-0.15, -0.1) is 0 Å². The minimum absolute atomic E-state index is 0.0353. The van der Waals surface area contributed by atoms with Gasteiger partial charge in [0.05, 0.1) is 6.61 Å². The Morgan fingerprint density at radius 3 is 2.56 bits per heavy atom. The van der Waals surface area contributed by atoms with Gasteiger partial charge in [-0.05, 0) is 5.56 Å². The molecule has 92 valence electrons. The largest absolute Gasteiger partial charge is 0.394 e. The maximum atomic E-state index is 11.0. The van der Waals surface area contributed by atoms with Crippen LogP contribution in [0.15, 0.2) is 46.0 Å². The number of nitrogen functional groups attached to an aromatic ring is 1. The topological polar surface area (TPSA) is 81.4 Å². The van der Waals surface area contributed by atoms with Crippen molar-refractivity contribution in [3.8, 4) is 0 Å². The summed E-state index contributed by atoms with van der Waals surface area (Å²) in [4.78, 5) is 26.8. The van der Waals surface area contributed by atoms with Crippen LogP contribution >= 0.6 is 0 Å². The Labute approximate surface area is 103 Å². The van der Waals surface area contributed by atoms with Crippen LogP contribution in [0.3, 0.4) is 0 Å². The van der Waals surface area contributed by atoms with Crippen molar-refractivity contribution in [3.63, 3.8) is 0 Å². The standard InChI is InChI=1S/C13H12N2O3/c14-10-11(13(17)12(10)16)15-18-8-4-7-9-5-2-1-3-6-9/h1-7,15H,8,14H2/b7-4+. The maximum Gasteiger partial charge on any atom is 0.255 e. The molecule has 0 unspecified atom stereocenters. The minimum Gasteiger partial charge on any atom is -0.394 e. The maximum absolute atomic E-state index is 11.0. The third kappa shape index (κ3) is 2.46. The first-order chi connectivity index (χ1) is 8.70. The molecule has 5 heteroatoms. The summed E-state index contributed by atoms with van der Waals surface area (Å²) in [6.07, 6.45) is 3.66. The fourth-order valence-electron chi connectivity index (χ4n) is 1.42. The van der Waals surface area contributed by atoms with Crippen molar-refractivity contribution in [2.24, 2.45) is 0 Å². The fraction of sp³-hybridized carbons (Fsp3) is 0.0769. The zero-order valence-corrected chi connectivity index (χ0v) is 9.55. The lowest BCUT2D eigenvalue weighted by Gasteiger charge is -2.08. The summed E-state index contributed by atoms with van der Waals surface area (Å²) >= 11 is 0. The molecule has 0 atom stereocenters.